The summed E-state index contributed by atoms with van der Waals surface area (Å²) in [7, 11) is -1.65. The van der Waals surface area contributed by atoms with E-state index in [2.05, 4.69) is 5.32 Å². The lowest BCUT2D eigenvalue weighted by atomic mass is 9.94. The molecule has 6 heteroatoms. The molecule has 1 aliphatic rings. The van der Waals surface area contributed by atoms with Gasteiger partial charge in [-0.3, -0.25) is 0 Å². The van der Waals surface area contributed by atoms with Gasteiger partial charge in [0.15, 0.2) is 0 Å². The monoisotopic (exact) mass is 299 g/mol. The molecule has 1 aromatic rings. The molecule has 0 saturated heterocycles. The summed E-state index contributed by atoms with van der Waals surface area (Å²) < 4.78 is 28.8. The van der Waals surface area contributed by atoms with Crippen LogP contribution in [-0.4, -0.2) is 36.9 Å². The fourth-order valence-corrected chi connectivity index (χ4v) is 3.96. The maximum Gasteiger partial charge on any atom is 0.244 e. The van der Waals surface area contributed by atoms with E-state index in [0.29, 0.717) is 11.4 Å². The molecule has 1 heterocycles. The average molecular weight is 299 g/mol. The van der Waals surface area contributed by atoms with Crippen molar-refractivity contribution in [1.82, 2.24) is 14.2 Å². The molecule has 0 spiro atoms. The van der Waals surface area contributed by atoms with Gasteiger partial charge in [-0.2, -0.15) is 4.31 Å². The molecule has 0 aromatic carbocycles. The topological polar surface area (TPSA) is 54.3 Å². The van der Waals surface area contributed by atoms with Gasteiger partial charge >= 0.3 is 0 Å². The van der Waals surface area contributed by atoms with Gasteiger partial charge in [0.1, 0.15) is 4.90 Å². The van der Waals surface area contributed by atoms with Crippen LogP contribution in [0.25, 0.3) is 0 Å². The third kappa shape index (κ3) is 2.92. The minimum atomic E-state index is -3.35. The number of hydrogen-bond donors (Lipinski definition) is 1. The summed E-state index contributed by atoms with van der Waals surface area (Å²) in [6, 6.07) is 1.98. The summed E-state index contributed by atoms with van der Waals surface area (Å²) in [6.45, 7) is 6.43. The maximum atomic E-state index is 12.6. The first-order valence-electron chi connectivity index (χ1n) is 7.38. The highest BCUT2D eigenvalue weighted by molar-refractivity contribution is 7.89. The average Bonchev–Trinajstić information content (AvgIpc) is 2.78. The molecule has 1 saturated carbocycles. The van der Waals surface area contributed by atoms with Crippen LogP contribution in [0.4, 0.5) is 0 Å². The van der Waals surface area contributed by atoms with Gasteiger partial charge < -0.3 is 9.88 Å². The Morgan fingerprint density at radius 2 is 2.10 bits per heavy atom. The lowest BCUT2D eigenvalue weighted by molar-refractivity contribution is 0.249. The van der Waals surface area contributed by atoms with Crippen LogP contribution in [0.2, 0.25) is 0 Å². The van der Waals surface area contributed by atoms with E-state index < -0.39 is 10.0 Å². The number of aromatic nitrogens is 1. The second kappa shape index (κ2) is 6.28. The summed E-state index contributed by atoms with van der Waals surface area (Å²) in [4.78, 5) is 0.418. The summed E-state index contributed by atoms with van der Waals surface area (Å²) in [5.74, 6) is 0. The van der Waals surface area contributed by atoms with Crippen LogP contribution in [-0.2, 0) is 23.1 Å². The number of hydrogen-bond acceptors (Lipinski definition) is 3. The van der Waals surface area contributed by atoms with Crippen molar-refractivity contribution in [3.63, 3.8) is 0 Å². The fraction of sp³-hybridized carbons (Fsp3) is 0.714. The van der Waals surface area contributed by atoms with E-state index in [9.17, 15) is 8.42 Å². The summed E-state index contributed by atoms with van der Waals surface area (Å²) in [5, 5.41) is 3.25. The second-order valence-electron chi connectivity index (χ2n) is 5.34. The van der Waals surface area contributed by atoms with Gasteiger partial charge in [-0.1, -0.05) is 13.3 Å². The Bertz CT molecular complexity index is 547. The highest BCUT2D eigenvalue weighted by Gasteiger charge is 2.32. The van der Waals surface area contributed by atoms with Gasteiger partial charge in [-0.25, -0.2) is 8.42 Å². The molecule has 0 atom stereocenters. The third-order valence-corrected chi connectivity index (χ3v) is 6.00. The smallest absolute Gasteiger partial charge is 0.244 e. The first kappa shape index (κ1) is 15.5. The molecule has 1 aliphatic carbocycles. The van der Waals surface area contributed by atoms with Crippen LogP contribution >= 0.6 is 0 Å². The van der Waals surface area contributed by atoms with Crippen LogP contribution in [0.15, 0.2) is 17.2 Å². The SMILES string of the molecule is CCNCc1cc(S(=O)(=O)N(C)C2CCC2)cn1CC. The van der Waals surface area contributed by atoms with Crippen LogP contribution in [0.1, 0.15) is 38.8 Å². The normalized spacial score (nSPS) is 16.6. The van der Waals surface area contributed by atoms with Crippen LogP contribution < -0.4 is 5.32 Å². The van der Waals surface area contributed by atoms with Gasteiger partial charge in [0.05, 0.1) is 0 Å². The third-order valence-electron chi connectivity index (χ3n) is 4.12. The number of nitrogens with one attached hydrogen (secondary N) is 1. The van der Waals surface area contributed by atoms with Crippen molar-refractivity contribution in [3.8, 4) is 0 Å². The summed E-state index contributed by atoms with van der Waals surface area (Å²) >= 11 is 0. The Labute approximate surface area is 122 Å². The quantitative estimate of drug-likeness (QED) is 0.835. The van der Waals surface area contributed by atoms with Crippen molar-refractivity contribution in [1.29, 1.82) is 0 Å². The van der Waals surface area contributed by atoms with E-state index in [1.54, 1.807) is 23.6 Å². The van der Waals surface area contributed by atoms with Crippen LogP contribution in [0.3, 0.4) is 0 Å². The Hall–Kier alpha value is -0.850. The molecule has 0 amide bonds. The Kier molecular flexibility index (Phi) is 4.88. The zero-order valence-corrected chi connectivity index (χ0v) is 13.4. The van der Waals surface area contributed by atoms with E-state index in [1.165, 1.54) is 0 Å². The molecule has 0 radical (unpaired) electrons. The number of rotatable bonds is 7. The zero-order chi connectivity index (χ0) is 14.8. The van der Waals surface area contributed by atoms with Gasteiger partial charge in [0, 0.05) is 38.1 Å². The molecule has 0 aliphatic heterocycles. The lowest BCUT2D eigenvalue weighted by Crippen LogP contribution is -2.41. The molecule has 20 heavy (non-hydrogen) atoms. The van der Waals surface area contributed by atoms with Crippen molar-refractivity contribution in [2.75, 3.05) is 13.6 Å². The molecular weight excluding hydrogens is 274 g/mol. The second-order valence-corrected chi connectivity index (χ2v) is 7.34. The zero-order valence-electron chi connectivity index (χ0n) is 12.6. The molecule has 5 nitrogen and oxygen atoms in total. The summed E-state index contributed by atoms with van der Waals surface area (Å²) in [5.41, 5.74) is 1.02. The van der Waals surface area contributed by atoms with Gasteiger partial charge in [0.25, 0.3) is 0 Å². The van der Waals surface area contributed by atoms with Gasteiger partial charge in [-0.15, -0.1) is 0 Å². The van der Waals surface area contributed by atoms with Crippen molar-refractivity contribution >= 4 is 10.0 Å². The lowest BCUT2D eigenvalue weighted by Gasteiger charge is -2.33. The van der Waals surface area contributed by atoms with Crippen LogP contribution in [0.5, 0.6) is 0 Å². The highest BCUT2D eigenvalue weighted by atomic mass is 32.2. The largest absolute Gasteiger partial charge is 0.349 e. The molecule has 1 N–H and O–H groups in total. The Morgan fingerprint density at radius 3 is 2.60 bits per heavy atom. The molecule has 114 valence electrons. The minimum absolute atomic E-state index is 0.183. The molecule has 1 fully saturated rings. The van der Waals surface area contributed by atoms with E-state index in [-0.39, 0.29) is 6.04 Å². The maximum absolute atomic E-state index is 12.6. The number of sulfonamides is 1. The molecule has 2 rings (SSSR count). The van der Waals surface area contributed by atoms with Crippen molar-refractivity contribution in [2.24, 2.45) is 0 Å². The molecular formula is C14H25N3O2S. The number of aryl methyl sites for hydroxylation is 1. The molecule has 1 aromatic heterocycles. The van der Waals surface area contributed by atoms with Crippen molar-refractivity contribution < 1.29 is 8.42 Å². The summed E-state index contributed by atoms with van der Waals surface area (Å²) in [6.07, 6.45) is 4.85. The standard InChI is InChI=1S/C14H25N3O2S/c1-4-15-10-13-9-14(11-17(13)5-2)20(18,19)16(3)12-7-6-8-12/h9,11-12,15H,4-8,10H2,1-3H3. The van der Waals surface area contributed by atoms with Crippen LogP contribution in [0, 0.1) is 0 Å². The fourth-order valence-electron chi connectivity index (χ4n) is 2.47. The molecule has 0 unspecified atom stereocenters. The first-order valence-corrected chi connectivity index (χ1v) is 8.82. The minimum Gasteiger partial charge on any atom is -0.349 e. The predicted octanol–water partition coefficient (Wildman–Crippen LogP) is 1.79. The van der Waals surface area contributed by atoms with E-state index in [0.717, 1.165) is 38.0 Å². The van der Waals surface area contributed by atoms with Crippen molar-refractivity contribution in [2.45, 2.75) is 57.1 Å². The van der Waals surface area contributed by atoms with Gasteiger partial charge in [-0.05, 0) is 32.4 Å². The Morgan fingerprint density at radius 1 is 1.40 bits per heavy atom. The predicted molar refractivity (Wildman–Crippen MR) is 80.1 cm³/mol. The van der Waals surface area contributed by atoms with E-state index in [4.69, 9.17) is 0 Å². The van der Waals surface area contributed by atoms with Crippen molar-refractivity contribution in [3.05, 3.63) is 18.0 Å². The van der Waals surface area contributed by atoms with E-state index >= 15 is 0 Å². The Balaban J connectivity index is 2.24. The first-order chi connectivity index (χ1) is 9.50. The van der Waals surface area contributed by atoms with Gasteiger partial charge in [0.2, 0.25) is 10.0 Å². The number of nitrogens with zero attached hydrogens (tertiary/aromatic N) is 2. The van der Waals surface area contributed by atoms with E-state index in [1.807, 2.05) is 18.4 Å². The molecule has 0 bridgehead atoms. The highest BCUT2D eigenvalue weighted by Crippen LogP contribution is 2.29.